The SMILES string of the molecule is O=C(/C=C/c1ccc(Cl)cc1Cl)NC(=S)Nc1ccc(I)cn1. The lowest BCUT2D eigenvalue weighted by atomic mass is 10.2. The number of carbonyl (C=O) groups is 1. The van der Waals surface area contributed by atoms with Gasteiger partial charge in [0, 0.05) is 25.9 Å². The Labute approximate surface area is 162 Å². The molecule has 8 heteroatoms. The number of nitrogens with one attached hydrogen (secondary N) is 2. The van der Waals surface area contributed by atoms with E-state index in [1.54, 1.807) is 36.5 Å². The predicted molar refractivity (Wildman–Crippen MR) is 107 cm³/mol. The van der Waals surface area contributed by atoms with E-state index in [4.69, 9.17) is 35.4 Å². The van der Waals surface area contributed by atoms with E-state index in [1.165, 1.54) is 6.08 Å². The summed E-state index contributed by atoms with van der Waals surface area (Å²) in [5.41, 5.74) is 0.685. The lowest BCUT2D eigenvalue weighted by molar-refractivity contribution is -0.115. The number of halogens is 3. The highest BCUT2D eigenvalue weighted by atomic mass is 127. The fourth-order valence-corrected chi connectivity index (χ4v) is 2.55. The zero-order valence-electron chi connectivity index (χ0n) is 11.5. The summed E-state index contributed by atoms with van der Waals surface area (Å²) in [5.74, 6) is 0.180. The molecule has 2 N–H and O–H groups in total. The van der Waals surface area contributed by atoms with Crippen LogP contribution in [0.2, 0.25) is 10.0 Å². The summed E-state index contributed by atoms with van der Waals surface area (Å²) < 4.78 is 1.01. The molecule has 0 radical (unpaired) electrons. The van der Waals surface area contributed by atoms with Crippen LogP contribution < -0.4 is 10.6 Å². The molecule has 23 heavy (non-hydrogen) atoms. The van der Waals surface area contributed by atoms with Gasteiger partial charge in [-0.2, -0.15) is 0 Å². The van der Waals surface area contributed by atoms with Crippen LogP contribution in [0.3, 0.4) is 0 Å². The van der Waals surface area contributed by atoms with Gasteiger partial charge in [0.05, 0.1) is 0 Å². The number of aromatic nitrogens is 1. The minimum atomic E-state index is -0.376. The number of rotatable bonds is 3. The van der Waals surface area contributed by atoms with Crippen molar-refractivity contribution in [2.45, 2.75) is 0 Å². The molecule has 0 aliphatic heterocycles. The van der Waals surface area contributed by atoms with Crippen molar-refractivity contribution in [1.29, 1.82) is 0 Å². The number of thiocarbonyl (C=S) groups is 1. The van der Waals surface area contributed by atoms with Crippen LogP contribution in [-0.2, 0) is 4.79 Å². The van der Waals surface area contributed by atoms with Gasteiger partial charge in [0.15, 0.2) is 5.11 Å². The van der Waals surface area contributed by atoms with E-state index in [1.807, 2.05) is 6.07 Å². The predicted octanol–water partition coefficient (Wildman–Crippen LogP) is 4.52. The zero-order chi connectivity index (χ0) is 16.8. The molecular formula is C15H10Cl2IN3OS. The van der Waals surface area contributed by atoms with Crippen molar-refractivity contribution >= 4 is 80.9 Å². The fraction of sp³-hybridized carbons (Fsp3) is 0. The van der Waals surface area contributed by atoms with Gasteiger partial charge < -0.3 is 5.32 Å². The monoisotopic (exact) mass is 477 g/mol. The highest BCUT2D eigenvalue weighted by Gasteiger charge is 2.03. The number of nitrogens with zero attached hydrogens (tertiary/aromatic N) is 1. The molecule has 0 fully saturated rings. The minimum Gasteiger partial charge on any atom is -0.317 e. The average Bonchev–Trinajstić information content (AvgIpc) is 2.48. The minimum absolute atomic E-state index is 0.163. The Morgan fingerprint density at radius 1 is 1.26 bits per heavy atom. The van der Waals surface area contributed by atoms with E-state index >= 15 is 0 Å². The Morgan fingerprint density at radius 3 is 2.70 bits per heavy atom. The van der Waals surface area contributed by atoms with Crippen LogP contribution in [0, 0.1) is 3.57 Å². The van der Waals surface area contributed by atoms with Gasteiger partial charge in [-0.05, 0) is 70.7 Å². The highest BCUT2D eigenvalue weighted by molar-refractivity contribution is 14.1. The van der Waals surface area contributed by atoms with Gasteiger partial charge in [-0.25, -0.2) is 4.98 Å². The highest BCUT2D eigenvalue weighted by Crippen LogP contribution is 2.21. The molecule has 0 aliphatic rings. The number of anilines is 1. The molecule has 2 aromatic rings. The maximum absolute atomic E-state index is 11.8. The van der Waals surface area contributed by atoms with Crippen molar-refractivity contribution in [1.82, 2.24) is 10.3 Å². The molecule has 0 atom stereocenters. The summed E-state index contributed by atoms with van der Waals surface area (Å²) in [6.45, 7) is 0. The van der Waals surface area contributed by atoms with Gasteiger partial charge in [0.25, 0.3) is 0 Å². The first kappa shape index (κ1) is 18.1. The summed E-state index contributed by atoms with van der Waals surface area (Å²) in [4.78, 5) is 16.0. The number of pyridine rings is 1. The van der Waals surface area contributed by atoms with Crippen LogP contribution in [0.5, 0.6) is 0 Å². The van der Waals surface area contributed by atoms with E-state index < -0.39 is 0 Å². The van der Waals surface area contributed by atoms with Crippen molar-refractivity contribution < 1.29 is 4.79 Å². The normalized spacial score (nSPS) is 10.6. The first-order valence-electron chi connectivity index (χ1n) is 6.31. The maximum atomic E-state index is 11.8. The third-order valence-corrected chi connectivity index (χ3v) is 3.99. The third kappa shape index (κ3) is 6.06. The van der Waals surface area contributed by atoms with Crippen molar-refractivity contribution in [2.24, 2.45) is 0 Å². The van der Waals surface area contributed by atoms with Crippen LogP contribution in [0.15, 0.2) is 42.6 Å². The van der Waals surface area contributed by atoms with E-state index in [0.717, 1.165) is 3.57 Å². The Bertz CT molecular complexity index is 766. The first-order valence-corrected chi connectivity index (χ1v) is 8.55. The van der Waals surface area contributed by atoms with Crippen LogP contribution >= 0.6 is 58.0 Å². The molecule has 1 amide bonds. The van der Waals surface area contributed by atoms with Crippen LogP contribution in [0.4, 0.5) is 5.82 Å². The van der Waals surface area contributed by atoms with Crippen LogP contribution in [0.25, 0.3) is 6.08 Å². The van der Waals surface area contributed by atoms with Gasteiger partial charge in [0.1, 0.15) is 5.82 Å². The Balaban J connectivity index is 1.92. The molecule has 118 valence electrons. The second-order valence-electron chi connectivity index (χ2n) is 4.30. The molecule has 0 saturated carbocycles. The topological polar surface area (TPSA) is 54.0 Å². The molecule has 0 unspecified atom stereocenters. The summed E-state index contributed by atoms with van der Waals surface area (Å²) in [6.07, 6.45) is 4.61. The molecule has 1 aromatic carbocycles. The van der Waals surface area contributed by atoms with E-state index in [-0.39, 0.29) is 11.0 Å². The molecule has 0 spiro atoms. The standard InChI is InChI=1S/C15H10Cl2IN3OS/c16-10-3-1-9(12(17)7-10)2-6-14(22)21-15(23)20-13-5-4-11(18)8-19-13/h1-8H,(H2,19,20,21,22,23)/b6-2+. The second kappa shape index (κ2) is 8.58. The van der Waals surface area contributed by atoms with Crippen molar-refractivity contribution in [3.63, 3.8) is 0 Å². The lowest BCUT2D eigenvalue weighted by Gasteiger charge is -2.07. The largest absolute Gasteiger partial charge is 0.317 e. The molecule has 0 saturated heterocycles. The smallest absolute Gasteiger partial charge is 0.250 e. The summed E-state index contributed by atoms with van der Waals surface area (Å²) in [7, 11) is 0. The van der Waals surface area contributed by atoms with Crippen LogP contribution in [0.1, 0.15) is 5.56 Å². The number of hydrogen-bond acceptors (Lipinski definition) is 3. The van der Waals surface area contributed by atoms with Crippen molar-refractivity contribution in [2.75, 3.05) is 5.32 Å². The number of benzene rings is 1. The third-order valence-electron chi connectivity index (χ3n) is 2.58. The Kier molecular flexibility index (Phi) is 6.76. The van der Waals surface area contributed by atoms with Crippen molar-refractivity contribution in [3.05, 3.63) is 61.8 Å². The molecule has 4 nitrogen and oxygen atoms in total. The molecule has 2 rings (SSSR count). The fourth-order valence-electron chi connectivity index (χ4n) is 1.55. The average molecular weight is 478 g/mol. The van der Waals surface area contributed by atoms with Crippen LogP contribution in [-0.4, -0.2) is 16.0 Å². The van der Waals surface area contributed by atoms with E-state index in [2.05, 4.69) is 38.2 Å². The van der Waals surface area contributed by atoms with Gasteiger partial charge in [-0.1, -0.05) is 29.3 Å². The van der Waals surface area contributed by atoms with Crippen molar-refractivity contribution in [3.8, 4) is 0 Å². The summed E-state index contributed by atoms with van der Waals surface area (Å²) in [5, 5.41) is 6.51. The second-order valence-corrected chi connectivity index (χ2v) is 6.80. The molecule has 0 aliphatic carbocycles. The number of hydrogen-bond donors (Lipinski definition) is 2. The number of amides is 1. The van der Waals surface area contributed by atoms with Gasteiger partial charge in [-0.3, -0.25) is 10.1 Å². The lowest BCUT2D eigenvalue weighted by Crippen LogP contribution is -2.33. The Morgan fingerprint density at radius 2 is 2.04 bits per heavy atom. The van der Waals surface area contributed by atoms with Gasteiger partial charge >= 0.3 is 0 Å². The summed E-state index contributed by atoms with van der Waals surface area (Å²) >= 11 is 19.0. The zero-order valence-corrected chi connectivity index (χ0v) is 16.0. The number of carbonyl (C=O) groups excluding carboxylic acids is 1. The quantitative estimate of drug-likeness (QED) is 0.387. The van der Waals surface area contributed by atoms with E-state index in [9.17, 15) is 4.79 Å². The van der Waals surface area contributed by atoms with E-state index in [0.29, 0.717) is 21.4 Å². The van der Waals surface area contributed by atoms with Gasteiger partial charge in [-0.15, -0.1) is 0 Å². The Hall–Kier alpha value is -1.22. The molecule has 1 aromatic heterocycles. The molecule has 1 heterocycles. The molecular weight excluding hydrogens is 468 g/mol. The summed E-state index contributed by atoms with van der Waals surface area (Å²) in [6, 6.07) is 8.67. The maximum Gasteiger partial charge on any atom is 0.250 e. The van der Waals surface area contributed by atoms with Gasteiger partial charge in [0.2, 0.25) is 5.91 Å². The molecule has 0 bridgehead atoms. The first-order chi connectivity index (χ1) is 10.9.